The van der Waals surface area contributed by atoms with Gasteiger partial charge in [-0.05, 0) is 61.9 Å². The van der Waals surface area contributed by atoms with Crippen LogP contribution >= 0.6 is 11.6 Å². The molecule has 182 valence electrons. The number of urea groups is 1. The van der Waals surface area contributed by atoms with E-state index in [0.29, 0.717) is 28.6 Å². The second kappa shape index (κ2) is 11.9. The molecule has 8 nitrogen and oxygen atoms in total. The Morgan fingerprint density at radius 1 is 0.886 bits per heavy atom. The van der Waals surface area contributed by atoms with Gasteiger partial charge in [0.1, 0.15) is 5.75 Å². The van der Waals surface area contributed by atoms with E-state index in [4.69, 9.17) is 16.3 Å². The molecule has 0 aromatic heterocycles. The molecular formula is C26H27ClN4O4. The lowest BCUT2D eigenvalue weighted by atomic mass is 10.1. The molecule has 3 rings (SSSR count). The number of benzene rings is 3. The van der Waals surface area contributed by atoms with Gasteiger partial charge in [-0.2, -0.15) is 0 Å². The van der Waals surface area contributed by atoms with Crippen LogP contribution in [0, 0.1) is 0 Å². The Morgan fingerprint density at radius 3 is 2.20 bits per heavy atom. The number of rotatable bonds is 7. The molecule has 0 saturated heterocycles. The van der Waals surface area contributed by atoms with Crippen LogP contribution in [-0.2, 0) is 6.54 Å². The van der Waals surface area contributed by atoms with E-state index in [-0.39, 0.29) is 17.6 Å². The summed E-state index contributed by atoms with van der Waals surface area (Å²) in [6.07, 6.45) is -0.0498. The fourth-order valence-electron chi connectivity index (χ4n) is 3.10. The van der Waals surface area contributed by atoms with E-state index < -0.39 is 11.9 Å². The highest BCUT2D eigenvalue weighted by Gasteiger charge is 2.14. The highest BCUT2D eigenvalue weighted by Crippen LogP contribution is 2.26. The van der Waals surface area contributed by atoms with Crippen molar-refractivity contribution in [2.75, 3.05) is 12.4 Å². The lowest BCUT2D eigenvalue weighted by molar-refractivity contribution is 0.0930. The molecule has 0 spiro atoms. The first-order valence-electron chi connectivity index (χ1n) is 11.0. The number of hydrogen-bond acceptors (Lipinski definition) is 4. The van der Waals surface area contributed by atoms with Gasteiger partial charge in [-0.3, -0.25) is 15.0 Å². The van der Waals surface area contributed by atoms with Gasteiger partial charge in [0.25, 0.3) is 11.8 Å². The summed E-state index contributed by atoms with van der Waals surface area (Å²) in [6, 6.07) is 20.2. The van der Waals surface area contributed by atoms with Gasteiger partial charge in [-0.1, -0.05) is 41.9 Å². The molecule has 0 aliphatic carbocycles. The largest absolute Gasteiger partial charge is 0.489 e. The lowest BCUT2D eigenvalue weighted by Crippen LogP contribution is -2.47. The zero-order valence-corrected chi connectivity index (χ0v) is 20.4. The van der Waals surface area contributed by atoms with Gasteiger partial charge in [0, 0.05) is 30.4 Å². The van der Waals surface area contributed by atoms with Gasteiger partial charge in [0.15, 0.2) is 0 Å². The van der Waals surface area contributed by atoms with Crippen molar-refractivity contribution >= 4 is 35.1 Å². The monoisotopic (exact) mass is 494 g/mol. The van der Waals surface area contributed by atoms with Gasteiger partial charge < -0.3 is 15.0 Å². The number of hydrogen-bond donors (Lipinski definition) is 3. The maximum atomic E-state index is 12.4. The minimum atomic E-state index is -0.511. The van der Waals surface area contributed by atoms with Crippen molar-refractivity contribution in [1.29, 1.82) is 0 Å². The summed E-state index contributed by atoms with van der Waals surface area (Å²) in [5.74, 6) is -0.232. The number of amides is 4. The highest BCUT2D eigenvalue weighted by atomic mass is 35.5. The summed E-state index contributed by atoms with van der Waals surface area (Å²) in [5, 5.41) is 3.13. The summed E-state index contributed by atoms with van der Waals surface area (Å²) >= 11 is 6.17. The first-order chi connectivity index (χ1) is 16.7. The average Bonchev–Trinajstić information content (AvgIpc) is 2.85. The number of carbonyl (C=O) groups excluding carboxylic acids is 3. The molecule has 0 fully saturated rings. The third-order valence-corrected chi connectivity index (χ3v) is 5.15. The van der Waals surface area contributed by atoms with Gasteiger partial charge >= 0.3 is 6.03 Å². The predicted molar refractivity (Wildman–Crippen MR) is 136 cm³/mol. The van der Waals surface area contributed by atoms with Gasteiger partial charge in [-0.15, -0.1) is 0 Å². The minimum absolute atomic E-state index is 0.0498. The first-order valence-corrected chi connectivity index (χ1v) is 11.3. The quantitative estimate of drug-likeness (QED) is 0.408. The number of anilines is 1. The van der Waals surface area contributed by atoms with Crippen LogP contribution < -0.4 is 20.9 Å². The summed E-state index contributed by atoms with van der Waals surface area (Å²) < 4.78 is 5.55. The van der Waals surface area contributed by atoms with Crippen LogP contribution in [0.15, 0.2) is 72.8 Å². The van der Waals surface area contributed by atoms with Crippen LogP contribution in [0.25, 0.3) is 0 Å². The molecule has 3 aromatic carbocycles. The summed E-state index contributed by atoms with van der Waals surface area (Å²) in [5.41, 5.74) is 7.09. The molecule has 0 saturated carbocycles. The van der Waals surface area contributed by atoms with E-state index in [1.165, 1.54) is 11.0 Å². The van der Waals surface area contributed by atoms with E-state index in [0.717, 1.165) is 5.56 Å². The molecule has 0 heterocycles. The Kier molecular flexibility index (Phi) is 8.69. The topological polar surface area (TPSA) is 99.8 Å². The zero-order chi connectivity index (χ0) is 25.4. The van der Waals surface area contributed by atoms with Crippen LogP contribution in [0.4, 0.5) is 10.5 Å². The van der Waals surface area contributed by atoms with E-state index >= 15 is 0 Å². The number of carbonyl (C=O) groups is 3. The third kappa shape index (κ3) is 7.48. The Bertz CT molecular complexity index is 1180. The van der Waals surface area contributed by atoms with Crippen LogP contribution in [0.1, 0.15) is 40.1 Å². The van der Waals surface area contributed by atoms with Crippen molar-refractivity contribution in [3.63, 3.8) is 0 Å². The number of nitrogens with zero attached hydrogens (tertiary/aromatic N) is 1. The third-order valence-electron chi connectivity index (χ3n) is 4.85. The van der Waals surface area contributed by atoms with E-state index in [9.17, 15) is 14.4 Å². The molecule has 0 atom stereocenters. The Hall–Kier alpha value is -4.04. The molecule has 0 radical (unpaired) electrons. The van der Waals surface area contributed by atoms with Gasteiger partial charge in [0.05, 0.1) is 11.1 Å². The molecule has 0 bridgehead atoms. The Morgan fingerprint density at radius 2 is 1.57 bits per heavy atom. The predicted octanol–water partition coefficient (Wildman–Crippen LogP) is 4.87. The highest BCUT2D eigenvalue weighted by molar-refractivity contribution is 6.32. The fourth-order valence-corrected chi connectivity index (χ4v) is 3.33. The van der Waals surface area contributed by atoms with Crippen molar-refractivity contribution in [3.8, 4) is 5.75 Å². The molecule has 3 N–H and O–H groups in total. The molecular weight excluding hydrogens is 468 g/mol. The average molecular weight is 495 g/mol. The molecule has 0 aliphatic heterocycles. The maximum Gasteiger partial charge on any atom is 0.336 e. The number of halogens is 1. The molecule has 0 unspecified atom stereocenters. The van der Waals surface area contributed by atoms with Crippen molar-refractivity contribution in [2.45, 2.75) is 26.5 Å². The van der Waals surface area contributed by atoms with E-state index in [1.807, 2.05) is 32.0 Å². The lowest BCUT2D eigenvalue weighted by Gasteiger charge is -2.19. The molecule has 0 aliphatic rings. The normalized spacial score (nSPS) is 10.4. The number of hydrazine groups is 1. The molecule has 4 amide bonds. The summed E-state index contributed by atoms with van der Waals surface area (Å²) in [7, 11) is 1.60. The Balaban J connectivity index is 1.49. The van der Waals surface area contributed by atoms with Crippen molar-refractivity contribution in [3.05, 3.63) is 94.5 Å². The standard InChI is InChI=1S/C26H27ClN4O4/c1-17(2)35-23-14-11-20(15-22(23)27)25(33)29-30-26(34)31(3)16-18-9-12-21(13-10-18)28-24(32)19-7-5-4-6-8-19/h4-15,17H,16H2,1-3H3,(H,28,32)(H,29,33)(H,30,34). The molecule has 3 aromatic rings. The number of nitrogens with one attached hydrogen (secondary N) is 3. The maximum absolute atomic E-state index is 12.4. The minimum Gasteiger partial charge on any atom is -0.489 e. The van der Waals surface area contributed by atoms with Crippen molar-refractivity contribution in [2.24, 2.45) is 0 Å². The second-order valence-corrected chi connectivity index (χ2v) is 8.48. The van der Waals surface area contributed by atoms with Gasteiger partial charge in [-0.25, -0.2) is 10.2 Å². The summed E-state index contributed by atoms with van der Waals surface area (Å²) in [4.78, 5) is 38.4. The van der Waals surface area contributed by atoms with E-state index in [2.05, 4.69) is 16.2 Å². The van der Waals surface area contributed by atoms with Gasteiger partial charge in [0.2, 0.25) is 0 Å². The number of ether oxygens (including phenoxy) is 1. The van der Waals surface area contributed by atoms with E-state index in [1.54, 1.807) is 55.6 Å². The van der Waals surface area contributed by atoms with Crippen LogP contribution in [0.5, 0.6) is 5.75 Å². The second-order valence-electron chi connectivity index (χ2n) is 8.07. The van der Waals surface area contributed by atoms with Crippen LogP contribution in [-0.4, -0.2) is 35.9 Å². The smallest absolute Gasteiger partial charge is 0.336 e. The van der Waals surface area contributed by atoms with Crippen LogP contribution in [0.2, 0.25) is 5.02 Å². The van der Waals surface area contributed by atoms with Crippen molar-refractivity contribution in [1.82, 2.24) is 15.8 Å². The zero-order valence-electron chi connectivity index (χ0n) is 19.7. The fraction of sp³-hybridized carbons (Fsp3) is 0.192. The van der Waals surface area contributed by atoms with Crippen molar-refractivity contribution < 1.29 is 19.1 Å². The van der Waals surface area contributed by atoms with Crippen LogP contribution in [0.3, 0.4) is 0 Å². The Labute approximate surface area is 209 Å². The molecule has 9 heteroatoms. The summed E-state index contributed by atoms with van der Waals surface area (Å²) in [6.45, 7) is 4.05. The SMILES string of the molecule is CC(C)Oc1ccc(C(=O)NNC(=O)N(C)Cc2ccc(NC(=O)c3ccccc3)cc2)cc1Cl. The molecule has 35 heavy (non-hydrogen) atoms. The first kappa shape index (κ1) is 25.6.